The molecule has 1 amide bonds. The zero-order valence-electron chi connectivity index (χ0n) is 11.7. The van der Waals surface area contributed by atoms with Gasteiger partial charge in [0.25, 0.3) is 0 Å². The van der Waals surface area contributed by atoms with Gasteiger partial charge in [0.1, 0.15) is 11.2 Å². The molecule has 1 saturated heterocycles. The molecule has 23 heavy (non-hydrogen) atoms. The average molecular weight is 341 g/mol. The van der Waals surface area contributed by atoms with Gasteiger partial charge in [0, 0.05) is 5.69 Å². The highest BCUT2D eigenvalue weighted by molar-refractivity contribution is 8.00. The minimum absolute atomic E-state index is 0.136. The number of halogens is 4. The smallest absolute Gasteiger partial charge is 0.295 e. The lowest BCUT2D eigenvalue weighted by Crippen LogP contribution is -2.28. The molecule has 2 nitrogen and oxygen atoms in total. The standard InChI is InChI=1S/C16H11F4NOS/c17-12-5-2-6-13(8-12)21-14(22)9-23-15(21)10-3-1-4-11(7-10)16(18,19)20/h1-8,15H,9H2/t15-/m0/s1. The van der Waals surface area contributed by atoms with Crippen LogP contribution in [-0.2, 0) is 11.0 Å². The summed E-state index contributed by atoms with van der Waals surface area (Å²) in [5.41, 5.74) is -0.0727. The van der Waals surface area contributed by atoms with Gasteiger partial charge in [0.15, 0.2) is 0 Å². The van der Waals surface area contributed by atoms with Crippen molar-refractivity contribution in [2.24, 2.45) is 0 Å². The van der Waals surface area contributed by atoms with Gasteiger partial charge in [-0.15, -0.1) is 11.8 Å². The molecule has 0 bridgehead atoms. The second kappa shape index (κ2) is 5.88. The van der Waals surface area contributed by atoms with Crippen molar-refractivity contribution in [2.75, 3.05) is 10.7 Å². The van der Waals surface area contributed by atoms with Crippen LogP contribution in [0, 0.1) is 5.82 Å². The third kappa shape index (κ3) is 3.19. The van der Waals surface area contributed by atoms with E-state index in [1.165, 1.54) is 47.0 Å². The maximum Gasteiger partial charge on any atom is 0.416 e. The van der Waals surface area contributed by atoms with Crippen molar-refractivity contribution in [1.29, 1.82) is 0 Å². The Labute approximate surface area is 134 Å². The number of amides is 1. The molecule has 0 aromatic heterocycles. The first-order valence-electron chi connectivity index (χ1n) is 6.72. The Hall–Kier alpha value is -2.02. The fourth-order valence-corrected chi connectivity index (χ4v) is 3.61. The fraction of sp³-hybridized carbons (Fsp3) is 0.188. The van der Waals surface area contributed by atoms with E-state index in [-0.39, 0.29) is 11.7 Å². The molecule has 0 spiro atoms. The molecular formula is C16H11F4NOS. The van der Waals surface area contributed by atoms with Crippen LogP contribution in [0.15, 0.2) is 48.5 Å². The maximum absolute atomic E-state index is 13.4. The second-order valence-corrected chi connectivity index (χ2v) is 6.10. The highest BCUT2D eigenvalue weighted by Crippen LogP contribution is 2.43. The van der Waals surface area contributed by atoms with E-state index < -0.39 is 22.9 Å². The molecule has 0 aliphatic carbocycles. The predicted molar refractivity (Wildman–Crippen MR) is 80.5 cm³/mol. The molecule has 1 aliphatic heterocycles. The molecule has 1 fully saturated rings. The number of anilines is 1. The van der Waals surface area contributed by atoms with Crippen LogP contribution in [0.5, 0.6) is 0 Å². The van der Waals surface area contributed by atoms with Crippen molar-refractivity contribution in [2.45, 2.75) is 11.6 Å². The largest absolute Gasteiger partial charge is 0.416 e. The summed E-state index contributed by atoms with van der Waals surface area (Å²) in [6.07, 6.45) is -4.45. The summed E-state index contributed by atoms with van der Waals surface area (Å²) in [6.45, 7) is 0. The molecule has 1 heterocycles. The number of benzene rings is 2. The molecule has 0 saturated carbocycles. The minimum atomic E-state index is -4.45. The Balaban J connectivity index is 2.00. The quantitative estimate of drug-likeness (QED) is 0.743. The van der Waals surface area contributed by atoms with Crippen LogP contribution in [0.3, 0.4) is 0 Å². The predicted octanol–water partition coefficient (Wildman–Crippen LogP) is 4.62. The summed E-state index contributed by atoms with van der Waals surface area (Å²) in [6, 6.07) is 10.3. The lowest BCUT2D eigenvalue weighted by Gasteiger charge is -2.25. The Morgan fingerprint density at radius 2 is 1.83 bits per heavy atom. The van der Waals surface area contributed by atoms with Crippen molar-refractivity contribution in [3.8, 4) is 0 Å². The molecule has 1 atom stereocenters. The number of carbonyl (C=O) groups is 1. The average Bonchev–Trinajstić information content (AvgIpc) is 2.88. The van der Waals surface area contributed by atoms with Crippen LogP contribution in [0.4, 0.5) is 23.2 Å². The summed E-state index contributed by atoms with van der Waals surface area (Å²) in [7, 11) is 0. The van der Waals surface area contributed by atoms with Crippen molar-refractivity contribution < 1.29 is 22.4 Å². The normalized spacial score (nSPS) is 18.5. The zero-order valence-corrected chi connectivity index (χ0v) is 12.5. The number of nitrogens with zero attached hydrogens (tertiary/aromatic N) is 1. The summed E-state index contributed by atoms with van der Waals surface area (Å²) in [4.78, 5) is 13.4. The lowest BCUT2D eigenvalue weighted by atomic mass is 10.1. The van der Waals surface area contributed by atoms with Gasteiger partial charge in [0.05, 0.1) is 11.3 Å². The summed E-state index contributed by atoms with van der Waals surface area (Å²) in [5.74, 6) is -0.629. The number of hydrogen-bond acceptors (Lipinski definition) is 2. The van der Waals surface area contributed by atoms with Crippen LogP contribution >= 0.6 is 11.8 Å². The molecule has 0 radical (unpaired) electrons. The Morgan fingerprint density at radius 3 is 2.52 bits per heavy atom. The topological polar surface area (TPSA) is 20.3 Å². The van der Waals surface area contributed by atoms with E-state index in [4.69, 9.17) is 0 Å². The third-order valence-corrected chi connectivity index (χ3v) is 4.67. The van der Waals surface area contributed by atoms with Crippen molar-refractivity contribution in [3.63, 3.8) is 0 Å². The monoisotopic (exact) mass is 341 g/mol. The van der Waals surface area contributed by atoms with Gasteiger partial charge < -0.3 is 0 Å². The summed E-state index contributed by atoms with van der Waals surface area (Å²) in [5, 5.41) is -0.605. The van der Waals surface area contributed by atoms with Gasteiger partial charge in [-0.2, -0.15) is 13.2 Å². The van der Waals surface area contributed by atoms with Crippen LogP contribution in [-0.4, -0.2) is 11.7 Å². The van der Waals surface area contributed by atoms with Gasteiger partial charge in [-0.25, -0.2) is 4.39 Å². The van der Waals surface area contributed by atoms with Crippen molar-refractivity contribution in [3.05, 3.63) is 65.5 Å². The first-order chi connectivity index (χ1) is 10.9. The van der Waals surface area contributed by atoms with E-state index in [0.29, 0.717) is 11.3 Å². The lowest BCUT2D eigenvalue weighted by molar-refractivity contribution is -0.137. The number of rotatable bonds is 2. The highest BCUT2D eigenvalue weighted by atomic mass is 32.2. The van der Waals surface area contributed by atoms with Crippen LogP contribution in [0.25, 0.3) is 0 Å². The molecule has 1 aliphatic rings. The van der Waals surface area contributed by atoms with Gasteiger partial charge in [-0.1, -0.05) is 18.2 Å². The number of hydrogen-bond donors (Lipinski definition) is 0. The van der Waals surface area contributed by atoms with Gasteiger partial charge >= 0.3 is 6.18 Å². The van der Waals surface area contributed by atoms with E-state index >= 15 is 0 Å². The molecule has 3 rings (SSSR count). The zero-order chi connectivity index (χ0) is 16.6. The summed E-state index contributed by atoms with van der Waals surface area (Å²) >= 11 is 1.22. The fourth-order valence-electron chi connectivity index (χ4n) is 2.44. The summed E-state index contributed by atoms with van der Waals surface area (Å²) < 4.78 is 52.0. The van der Waals surface area contributed by atoms with Crippen LogP contribution in [0.1, 0.15) is 16.5 Å². The Morgan fingerprint density at radius 1 is 1.09 bits per heavy atom. The molecular weight excluding hydrogens is 330 g/mol. The van der Waals surface area contributed by atoms with Gasteiger partial charge in [0.2, 0.25) is 5.91 Å². The number of alkyl halides is 3. The van der Waals surface area contributed by atoms with Crippen LogP contribution in [0.2, 0.25) is 0 Å². The third-order valence-electron chi connectivity index (χ3n) is 3.45. The molecule has 0 N–H and O–H groups in total. The molecule has 0 unspecified atom stereocenters. The first kappa shape index (κ1) is 15.9. The van der Waals surface area contributed by atoms with E-state index in [1.807, 2.05) is 0 Å². The van der Waals surface area contributed by atoms with Crippen molar-refractivity contribution >= 4 is 23.4 Å². The SMILES string of the molecule is O=C1CS[C@@H](c2cccc(C(F)(F)F)c2)N1c1cccc(F)c1. The van der Waals surface area contributed by atoms with E-state index in [9.17, 15) is 22.4 Å². The number of carbonyl (C=O) groups excluding carboxylic acids is 1. The molecule has 120 valence electrons. The second-order valence-electron chi connectivity index (χ2n) is 5.03. The minimum Gasteiger partial charge on any atom is -0.295 e. The molecule has 7 heteroatoms. The van der Waals surface area contributed by atoms with Gasteiger partial charge in [-0.05, 0) is 35.9 Å². The van der Waals surface area contributed by atoms with E-state index in [0.717, 1.165) is 12.1 Å². The van der Waals surface area contributed by atoms with Crippen molar-refractivity contribution in [1.82, 2.24) is 0 Å². The molecule has 2 aromatic rings. The van der Waals surface area contributed by atoms with E-state index in [2.05, 4.69) is 0 Å². The highest BCUT2D eigenvalue weighted by Gasteiger charge is 2.36. The molecule has 2 aromatic carbocycles. The maximum atomic E-state index is 13.4. The first-order valence-corrected chi connectivity index (χ1v) is 7.77. The van der Waals surface area contributed by atoms with Gasteiger partial charge in [-0.3, -0.25) is 9.69 Å². The Kier molecular flexibility index (Phi) is 4.06. The van der Waals surface area contributed by atoms with Crippen LogP contribution < -0.4 is 4.90 Å². The van der Waals surface area contributed by atoms with E-state index in [1.54, 1.807) is 6.07 Å². The Bertz CT molecular complexity index is 747. The number of thioether (sulfide) groups is 1.